The number of hydrogen-bond acceptors (Lipinski definition) is 7. The van der Waals surface area contributed by atoms with Crippen molar-refractivity contribution in [1.82, 2.24) is 13.9 Å². The van der Waals surface area contributed by atoms with Crippen molar-refractivity contribution in [3.63, 3.8) is 0 Å². The van der Waals surface area contributed by atoms with E-state index >= 15 is 0 Å². The van der Waals surface area contributed by atoms with Crippen LogP contribution < -0.4 is 10.1 Å². The molecule has 186 valence electrons. The van der Waals surface area contributed by atoms with Gasteiger partial charge >= 0.3 is 0 Å². The average Bonchev–Trinajstić information content (AvgIpc) is 2.82. The Balaban J connectivity index is 1.58. The summed E-state index contributed by atoms with van der Waals surface area (Å²) in [6, 6.07) is 10.5. The summed E-state index contributed by atoms with van der Waals surface area (Å²) in [5, 5.41) is 2.72. The minimum absolute atomic E-state index is 0.0640. The highest BCUT2D eigenvalue weighted by molar-refractivity contribution is 7.89. The number of sulfonamides is 2. The minimum atomic E-state index is -3.71. The predicted molar refractivity (Wildman–Crippen MR) is 126 cm³/mol. The van der Waals surface area contributed by atoms with Gasteiger partial charge in [0.1, 0.15) is 12.4 Å². The van der Waals surface area contributed by atoms with Crippen molar-refractivity contribution >= 4 is 26.0 Å². The van der Waals surface area contributed by atoms with E-state index in [0.717, 1.165) is 4.31 Å². The number of hydrogen-bond donors (Lipinski definition) is 1. The van der Waals surface area contributed by atoms with E-state index in [4.69, 9.17) is 9.47 Å². The van der Waals surface area contributed by atoms with Crippen molar-refractivity contribution in [3.05, 3.63) is 53.6 Å². The zero-order chi connectivity index (χ0) is 24.9. The topological polar surface area (TPSA) is 122 Å². The number of benzene rings is 2. The highest BCUT2D eigenvalue weighted by Gasteiger charge is 2.27. The van der Waals surface area contributed by atoms with Crippen LogP contribution in [-0.4, -0.2) is 84.9 Å². The van der Waals surface area contributed by atoms with Crippen LogP contribution in [0.2, 0.25) is 0 Å². The third kappa shape index (κ3) is 5.94. The van der Waals surface area contributed by atoms with Gasteiger partial charge in [-0.05, 0) is 48.9 Å². The van der Waals surface area contributed by atoms with Gasteiger partial charge in [-0.3, -0.25) is 4.79 Å². The van der Waals surface area contributed by atoms with Crippen molar-refractivity contribution in [2.75, 3.05) is 53.6 Å². The van der Waals surface area contributed by atoms with Gasteiger partial charge in [0.05, 0.1) is 29.5 Å². The molecule has 0 spiro atoms. The third-order valence-electron chi connectivity index (χ3n) is 5.32. The lowest BCUT2D eigenvalue weighted by Gasteiger charge is -2.26. The van der Waals surface area contributed by atoms with Crippen LogP contribution in [0.1, 0.15) is 15.9 Å². The number of carbonyl (C=O) groups is 1. The molecular weight excluding hydrogens is 482 g/mol. The maximum absolute atomic E-state index is 12.9. The monoisotopic (exact) mass is 511 g/mol. The number of nitrogens with one attached hydrogen (secondary N) is 1. The molecule has 1 aliphatic heterocycles. The van der Waals surface area contributed by atoms with E-state index in [-0.39, 0.29) is 41.6 Å². The van der Waals surface area contributed by atoms with Crippen LogP contribution in [0.25, 0.3) is 0 Å². The molecule has 0 bridgehead atoms. The molecule has 34 heavy (non-hydrogen) atoms. The first-order valence-corrected chi connectivity index (χ1v) is 13.5. The Kier molecular flexibility index (Phi) is 8.31. The zero-order valence-corrected chi connectivity index (χ0v) is 21.0. The SMILES string of the molecule is Cc1ccc(S(=O)(=O)N2CCOCC2)cc1C(=O)NCCOc1ccc(S(=O)(=O)N(C)C)cc1. The standard InChI is InChI=1S/C22H29N3O7S2/c1-17-4-7-20(34(29,30)25-11-14-31-15-12-25)16-21(17)22(26)23-10-13-32-18-5-8-19(9-6-18)33(27,28)24(2)3/h4-9,16H,10-15H2,1-3H3,(H,23,26). The van der Waals surface area contributed by atoms with E-state index in [1.807, 2.05) is 0 Å². The zero-order valence-electron chi connectivity index (χ0n) is 19.4. The number of rotatable bonds is 9. The molecule has 1 heterocycles. The Morgan fingerprint density at radius 3 is 2.26 bits per heavy atom. The summed E-state index contributed by atoms with van der Waals surface area (Å²) < 4.78 is 63.3. The smallest absolute Gasteiger partial charge is 0.251 e. The van der Waals surface area contributed by atoms with Gasteiger partial charge in [-0.2, -0.15) is 4.31 Å². The lowest BCUT2D eigenvalue weighted by Crippen LogP contribution is -2.40. The largest absolute Gasteiger partial charge is 0.492 e. The first-order chi connectivity index (χ1) is 16.0. The van der Waals surface area contributed by atoms with Crippen LogP contribution in [-0.2, 0) is 24.8 Å². The average molecular weight is 512 g/mol. The molecule has 0 aliphatic carbocycles. The van der Waals surface area contributed by atoms with E-state index in [9.17, 15) is 21.6 Å². The van der Waals surface area contributed by atoms with Crippen molar-refractivity contribution < 1.29 is 31.1 Å². The fourth-order valence-electron chi connectivity index (χ4n) is 3.29. The Morgan fingerprint density at radius 1 is 1.03 bits per heavy atom. The molecule has 0 aromatic heterocycles. The molecule has 10 nitrogen and oxygen atoms in total. The van der Waals surface area contributed by atoms with Crippen LogP contribution in [0, 0.1) is 6.92 Å². The molecule has 1 aliphatic rings. The molecule has 3 rings (SSSR count). The maximum Gasteiger partial charge on any atom is 0.251 e. The first-order valence-electron chi connectivity index (χ1n) is 10.7. The van der Waals surface area contributed by atoms with Gasteiger partial charge in [0.15, 0.2) is 0 Å². The number of aryl methyl sites for hydroxylation is 1. The molecule has 0 radical (unpaired) electrons. The van der Waals surface area contributed by atoms with E-state index in [1.54, 1.807) is 25.1 Å². The molecule has 12 heteroatoms. The van der Waals surface area contributed by atoms with Crippen LogP contribution >= 0.6 is 0 Å². The number of nitrogens with zero attached hydrogens (tertiary/aromatic N) is 2. The molecular formula is C22H29N3O7S2. The number of carbonyl (C=O) groups excluding carboxylic acids is 1. The van der Waals surface area contributed by atoms with Crippen molar-refractivity contribution in [2.45, 2.75) is 16.7 Å². The number of morpholine rings is 1. The van der Waals surface area contributed by atoms with Gasteiger partial charge < -0.3 is 14.8 Å². The highest BCUT2D eigenvalue weighted by atomic mass is 32.2. The molecule has 1 amide bonds. The van der Waals surface area contributed by atoms with Crippen LogP contribution in [0.3, 0.4) is 0 Å². The summed E-state index contributed by atoms with van der Waals surface area (Å²) in [5.41, 5.74) is 0.921. The number of ether oxygens (including phenoxy) is 2. The molecule has 0 unspecified atom stereocenters. The van der Waals surface area contributed by atoms with Gasteiger partial charge in [-0.25, -0.2) is 21.1 Å². The van der Waals surface area contributed by atoms with Gasteiger partial charge in [0.2, 0.25) is 20.0 Å². The van der Waals surface area contributed by atoms with Crippen molar-refractivity contribution in [3.8, 4) is 5.75 Å². The summed E-state index contributed by atoms with van der Waals surface area (Å²) in [6.07, 6.45) is 0. The third-order valence-corrected chi connectivity index (χ3v) is 9.04. The van der Waals surface area contributed by atoms with E-state index in [0.29, 0.717) is 24.5 Å². The molecule has 1 N–H and O–H groups in total. The summed E-state index contributed by atoms with van der Waals surface area (Å²) in [7, 11) is -4.32. The second-order valence-corrected chi connectivity index (χ2v) is 11.9. The fourth-order valence-corrected chi connectivity index (χ4v) is 5.63. The van der Waals surface area contributed by atoms with Gasteiger partial charge in [0, 0.05) is 32.7 Å². The molecule has 0 atom stereocenters. The van der Waals surface area contributed by atoms with E-state index < -0.39 is 26.0 Å². The second-order valence-electron chi connectivity index (χ2n) is 7.86. The lowest BCUT2D eigenvalue weighted by atomic mass is 10.1. The van der Waals surface area contributed by atoms with Gasteiger partial charge in [-0.1, -0.05) is 6.07 Å². The Morgan fingerprint density at radius 2 is 1.65 bits per heavy atom. The van der Waals surface area contributed by atoms with Gasteiger partial charge in [0.25, 0.3) is 5.91 Å². The first kappa shape index (κ1) is 26.1. The molecule has 1 fully saturated rings. The number of amides is 1. The molecule has 0 saturated carbocycles. The molecule has 1 saturated heterocycles. The fraction of sp³-hybridized carbons (Fsp3) is 0.409. The molecule has 2 aromatic rings. The Labute approximate surface area is 200 Å². The van der Waals surface area contributed by atoms with Gasteiger partial charge in [-0.15, -0.1) is 0 Å². The normalized spacial score (nSPS) is 15.3. The van der Waals surface area contributed by atoms with Crippen molar-refractivity contribution in [1.29, 1.82) is 0 Å². The quantitative estimate of drug-likeness (QED) is 0.500. The van der Waals surface area contributed by atoms with Crippen LogP contribution in [0.5, 0.6) is 5.75 Å². The summed E-state index contributed by atoms with van der Waals surface area (Å²) >= 11 is 0. The lowest BCUT2D eigenvalue weighted by molar-refractivity contribution is 0.0730. The minimum Gasteiger partial charge on any atom is -0.492 e. The van der Waals surface area contributed by atoms with E-state index in [1.165, 1.54) is 42.7 Å². The molecule has 2 aromatic carbocycles. The Hall–Kier alpha value is -2.51. The summed E-state index contributed by atoms with van der Waals surface area (Å²) in [6.45, 7) is 3.29. The highest BCUT2D eigenvalue weighted by Crippen LogP contribution is 2.21. The predicted octanol–water partition coefficient (Wildman–Crippen LogP) is 1.08. The Bertz CT molecular complexity index is 1220. The summed E-state index contributed by atoms with van der Waals surface area (Å²) in [5.74, 6) is 0.0503. The van der Waals surface area contributed by atoms with Crippen LogP contribution in [0.15, 0.2) is 52.3 Å². The maximum atomic E-state index is 12.9. The van der Waals surface area contributed by atoms with Crippen molar-refractivity contribution in [2.24, 2.45) is 0 Å². The summed E-state index contributed by atoms with van der Waals surface area (Å²) in [4.78, 5) is 12.9. The van der Waals surface area contributed by atoms with E-state index in [2.05, 4.69) is 5.32 Å². The second kappa shape index (κ2) is 10.8. The van der Waals surface area contributed by atoms with Crippen LogP contribution in [0.4, 0.5) is 0 Å².